The normalized spacial score (nSPS) is 22.3. The molecule has 1 saturated heterocycles. The van der Waals surface area contributed by atoms with E-state index in [0.29, 0.717) is 31.8 Å². The summed E-state index contributed by atoms with van der Waals surface area (Å²) in [5, 5.41) is 3.61. The molecule has 5 nitrogen and oxygen atoms in total. The molecule has 2 aliphatic heterocycles. The Balaban J connectivity index is 1.46. The average Bonchev–Trinajstić information content (AvgIpc) is 2.71. The van der Waals surface area contributed by atoms with Crippen LogP contribution in [0.25, 0.3) is 11.3 Å². The van der Waals surface area contributed by atoms with E-state index in [-0.39, 0.29) is 28.9 Å². The number of benzene rings is 1. The maximum atomic E-state index is 13.6. The van der Waals surface area contributed by atoms with E-state index in [1.165, 1.54) is 17.7 Å². The summed E-state index contributed by atoms with van der Waals surface area (Å²) in [6, 6.07) is 12.1. The summed E-state index contributed by atoms with van der Waals surface area (Å²) in [7, 11) is 0. The van der Waals surface area contributed by atoms with Gasteiger partial charge in [0.25, 0.3) is 0 Å². The number of carbonyl (C=O) groups is 1. The molecule has 1 fully saturated rings. The van der Waals surface area contributed by atoms with E-state index in [0.717, 1.165) is 17.7 Å². The number of carbonyl (C=O) groups excluding carboxylic acids is 1. The summed E-state index contributed by atoms with van der Waals surface area (Å²) >= 11 is 0. The zero-order valence-corrected chi connectivity index (χ0v) is 19.3. The highest BCUT2D eigenvalue weighted by Gasteiger charge is 2.34. The van der Waals surface area contributed by atoms with E-state index in [9.17, 15) is 9.18 Å². The van der Waals surface area contributed by atoms with Gasteiger partial charge in [-0.15, -0.1) is 0 Å². The largest absolute Gasteiger partial charge is 0.368 e. The predicted molar refractivity (Wildman–Crippen MR) is 124 cm³/mol. The fraction of sp³-hybridized carbons (Fsp3) is 0.462. The van der Waals surface area contributed by atoms with E-state index in [4.69, 9.17) is 9.72 Å². The van der Waals surface area contributed by atoms with Crippen LogP contribution in [0.15, 0.2) is 54.1 Å². The van der Waals surface area contributed by atoms with Crippen molar-refractivity contribution in [2.45, 2.75) is 57.7 Å². The van der Waals surface area contributed by atoms with Gasteiger partial charge in [0.15, 0.2) is 0 Å². The van der Waals surface area contributed by atoms with Gasteiger partial charge in [-0.3, -0.25) is 4.79 Å². The van der Waals surface area contributed by atoms with Crippen LogP contribution < -0.4 is 5.32 Å². The van der Waals surface area contributed by atoms with Gasteiger partial charge in [0, 0.05) is 29.6 Å². The molecule has 1 atom stereocenters. The zero-order chi connectivity index (χ0) is 22.9. The third-order valence-corrected chi connectivity index (χ3v) is 5.91. The molecule has 0 radical (unpaired) electrons. The van der Waals surface area contributed by atoms with Gasteiger partial charge in [-0.2, -0.15) is 0 Å². The van der Waals surface area contributed by atoms with Crippen molar-refractivity contribution >= 4 is 5.91 Å². The molecule has 0 saturated carbocycles. The first kappa shape index (κ1) is 22.6. The highest BCUT2D eigenvalue weighted by Crippen LogP contribution is 2.31. The molecule has 32 heavy (non-hydrogen) atoms. The number of amides is 1. The molecule has 2 aromatic rings. The van der Waals surface area contributed by atoms with Crippen molar-refractivity contribution in [3.8, 4) is 11.3 Å². The van der Waals surface area contributed by atoms with Crippen molar-refractivity contribution in [2.24, 2.45) is 0 Å². The first-order valence-electron chi connectivity index (χ1n) is 11.2. The van der Waals surface area contributed by atoms with Gasteiger partial charge in [0.1, 0.15) is 11.9 Å². The Morgan fingerprint density at radius 1 is 1.22 bits per heavy atom. The summed E-state index contributed by atoms with van der Waals surface area (Å²) in [5.74, 6) is -0.168. The Bertz CT molecular complexity index is 1030. The predicted octanol–water partition coefficient (Wildman–Crippen LogP) is 4.65. The molecule has 4 rings (SSSR count). The summed E-state index contributed by atoms with van der Waals surface area (Å²) in [6.45, 7) is 10.1. The van der Waals surface area contributed by atoms with E-state index < -0.39 is 0 Å². The topological polar surface area (TPSA) is 54.5 Å². The number of nitrogens with zero attached hydrogens (tertiary/aromatic N) is 2. The van der Waals surface area contributed by atoms with Crippen LogP contribution in [-0.2, 0) is 9.53 Å². The third-order valence-electron chi connectivity index (χ3n) is 5.91. The Morgan fingerprint density at radius 2 is 2.00 bits per heavy atom. The molecule has 3 heterocycles. The lowest BCUT2D eigenvalue weighted by Crippen LogP contribution is -2.54. The van der Waals surface area contributed by atoms with Crippen LogP contribution >= 0.6 is 0 Å². The monoisotopic (exact) mass is 437 g/mol. The van der Waals surface area contributed by atoms with E-state index >= 15 is 0 Å². The van der Waals surface area contributed by atoms with E-state index in [2.05, 4.69) is 39.1 Å². The number of nitrogens with one attached hydrogen (secondary N) is 1. The molecule has 0 spiro atoms. The Labute approximate surface area is 189 Å². The van der Waals surface area contributed by atoms with E-state index in [1.54, 1.807) is 6.07 Å². The second-order valence-corrected chi connectivity index (χ2v) is 10.0. The zero-order valence-electron chi connectivity index (χ0n) is 19.3. The summed E-state index contributed by atoms with van der Waals surface area (Å²) in [6.07, 6.45) is 3.18. The molecule has 2 aliphatic rings. The highest BCUT2D eigenvalue weighted by atomic mass is 19.1. The van der Waals surface area contributed by atoms with Crippen molar-refractivity contribution in [3.63, 3.8) is 0 Å². The molecule has 1 N–H and O–H groups in total. The SMILES string of the molecule is CC1(C)C=C(CC(=O)N2CCOC(c3cccc(-c4cccc(F)c4)n3)C2)CC(C)(C)N1. The van der Waals surface area contributed by atoms with Gasteiger partial charge >= 0.3 is 0 Å². The van der Waals surface area contributed by atoms with Crippen molar-refractivity contribution in [3.05, 3.63) is 65.6 Å². The van der Waals surface area contributed by atoms with Gasteiger partial charge in [0.05, 0.1) is 24.5 Å². The standard InChI is InChI=1S/C26H32FN3O2/c1-25(2)15-18(16-26(3,4)29-25)13-24(31)30-11-12-32-23(17-30)22-10-6-9-21(28-22)19-7-5-8-20(27)14-19/h5-10,14-15,23,29H,11-13,16-17H2,1-4H3. The molecule has 1 unspecified atom stereocenters. The van der Waals surface area contributed by atoms with Crippen LogP contribution in [0.1, 0.15) is 52.3 Å². The molecule has 0 aliphatic carbocycles. The average molecular weight is 438 g/mol. The summed E-state index contributed by atoms with van der Waals surface area (Å²) in [5.41, 5.74) is 3.18. The van der Waals surface area contributed by atoms with Crippen molar-refractivity contribution in [2.75, 3.05) is 19.7 Å². The molecule has 1 amide bonds. The minimum Gasteiger partial charge on any atom is -0.368 e. The number of morpholine rings is 1. The smallest absolute Gasteiger partial charge is 0.226 e. The van der Waals surface area contributed by atoms with Crippen molar-refractivity contribution in [1.82, 2.24) is 15.2 Å². The number of aromatic nitrogens is 1. The number of rotatable bonds is 4. The second kappa shape index (κ2) is 8.75. The van der Waals surface area contributed by atoms with Gasteiger partial charge in [-0.1, -0.05) is 29.8 Å². The lowest BCUT2D eigenvalue weighted by atomic mass is 9.82. The minimum absolute atomic E-state index is 0.0390. The number of pyridine rings is 1. The first-order chi connectivity index (χ1) is 15.1. The summed E-state index contributed by atoms with van der Waals surface area (Å²) < 4.78 is 19.6. The summed E-state index contributed by atoms with van der Waals surface area (Å²) in [4.78, 5) is 19.7. The number of hydrogen-bond donors (Lipinski definition) is 1. The maximum Gasteiger partial charge on any atom is 0.226 e. The first-order valence-corrected chi connectivity index (χ1v) is 11.2. The number of ether oxygens (including phenoxy) is 1. The molecule has 0 bridgehead atoms. The van der Waals surface area contributed by atoms with E-state index in [1.807, 2.05) is 29.2 Å². The highest BCUT2D eigenvalue weighted by molar-refractivity contribution is 5.79. The molecular formula is C26H32FN3O2. The fourth-order valence-electron chi connectivity index (χ4n) is 5.00. The maximum absolute atomic E-state index is 13.6. The lowest BCUT2D eigenvalue weighted by molar-refractivity contribution is -0.138. The lowest BCUT2D eigenvalue weighted by Gasteiger charge is -2.41. The molecule has 1 aromatic carbocycles. The second-order valence-electron chi connectivity index (χ2n) is 10.0. The quantitative estimate of drug-likeness (QED) is 0.707. The van der Waals surface area contributed by atoms with Crippen LogP contribution in [-0.4, -0.2) is 46.6 Å². The fourth-order valence-corrected chi connectivity index (χ4v) is 5.00. The molecular weight excluding hydrogens is 405 g/mol. The Morgan fingerprint density at radius 3 is 2.75 bits per heavy atom. The van der Waals surface area contributed by atoms with Gasteiger partial charge in [-0.05, 0) is 58.4 Å². The number of hydrogen-bond acceptors (Lipinski definition) is 4. The Hall–Kier alpha value is -2.57. The van der Waals surface area contributed by atoms with Crippen LogP contribution in [0, 0.1) is 5.82 Å². The van der Waals surface area contributed by atoms with Crippen molar-refractivity contribution < 1.29 is 13.9 Å². The van der Waals surface area contributed by atoms with Crippen LogP contribution in [0.3, 0.4) is 0 Å². The van der Waals surface area contributed by atoms with Crippen molar-refractivity contribution in [1.29, 1.82) is 0 Å². The molecule has 6 heteroatoms. The third kappa shape index (κ3) is 5.43. The molecule has 1 aromatic heterocycles. The number of halogens is 1. The van der Waals surface area contributed by atoms with Gasteiger partial charge in [0.2, 0.25) is 5.91 Å². The Kier molecular flexibility index (Phi) is 6.19. The minimum atomic E-state index is -0.295. The van der Waals surface area contributed by atoms with Gasteiger partial charge in [-0.25, -0.2) is 9.37 Å². The van der Waals surface area contributed by atoms with Crippen LogP contribution in [0.2, 0.25) is 0 Å². The molecule has 170 valence electrons. The van der Waals surface area contributed by atoms with Crippen LogP contribution in [0.5, 0.6) is 0 Å². The van der Waals surface area contributed by atoms with Gasteiger partial charge < -0.3 is 15.0 Å². The van der Waals surface area contributed by atoms with Crippen LogP contribution in [0.4, 0.5) is 4.39 Å².